The van der Waals surface area contributed by atoms with Crippen molar-refractivity contribution in [1.82, 2.24) is 10.6 Å². The van der Waals surface area contributed by atoms with E-state index in [1.165, 1.54) is 30.2 Å². The second-order valence-corrected chi connectivity index (χ2v) is 12.5. The van der Waals surface area contributed by atoms with Crippen LogP contribution in [-0.2, 0) is 19.2 Å². The second kappa shape index (κ2) is 18.8. The quantitative estimate of drug-likeness (QED) is 0.173. The Morgan fingerprint density at radius 1 is 0.940 bits per heavy atom. The van der Waals surface area contributed by atoms with E-state index < -0.39 is 5.78 Å². The van der Waals surface area contributed by atoms with E-state index in [0.717, 1.165) is 61.3 Å². The molecule has 3 aliphatic carbocycles. The lowest BCUT2D eigenvalue weighted by Crippen LogP contribution is -2.29. The molecule has 2 aromatic carbocycles. The van der Waals surface area contributed by atoms with Gasteiger partial charge in [-0.15, -0.1) is 0 Å². The number of carbonyl (C=O) groups is 4. The van der Waals surface area contributed by atoms with Crippen LogP contribution in [0.5, 0.6) is 0 Å². The maximum Gasteiger partial charge on any atom is 0.254 e. The van der Waals surface area contributed by atoms with E-state index in [0.29, 0.717) is 16.9 Å². The van der Waals surface area contributed by atoms with Gasteiger partial charge in [0.05, 0.1) is 33.4 Å². The first-order chi connectivity index (χ1) is 23.9. The normalized spacial score (nSPS) is 16.2. The summed E-state index contributed by atoms with van der Waals surface area (Å²) in [5.74, 6) is -1.02. The minimum Gasteiger partial charge on any atom is -0.372 e. The molecule has 5 rings (SSSR count). The molecule has 0 spiro atoms. The van der Waals surface area contributed by atoms with Crippen molar-refractivity contribution < 1.29 is 19.2 Å². The third kappa shape index (κ3) is 10.1. The van der Waals surface area contributed by atoms with Crippen LogP contribution in [0.25, 0.3) is 0 Å². The predicted octanol–water partition coefficient (Wildman–Crippen LogP) is 7.86. The van der Waals surface area contributed by atoms with Gasteiger partial charge in [0, 0.05) is 32.7 Å². The largest absolute Gasteiger partial charge is 0.372 e. The van der Waals surface area contributed by atoms with Crippen LogP contribution in [0.2, 0.25) is 0 Å². The van der Waals surface area contributed by atoms with E-state index in [-0.39, 0.29) is 28.3 Å². The Bertz CT molecular complexity index is 1810. The molecule has 2 N–H and O–H groups in total. The minimum absolute atomic E-state index is 0.0460. The van der Waals surface area contributed by atoms with Crippen molar-refractivity contribution in [3.63, 3.8) is 0 Å². The van der Waals surface area contributed by atoms with Crippen LogP contribution >= 0.6 is 11.6 Å². The van der Waals surface area contributed by atoms with Crippen molar-refractivity contribution in [1.29, 1.82) is 0 Å². The molecule has 3 aliphatic rings. The number of halogens is 1. The van der Waals surface area contributed by atoms with Crippen molar-refractivity contribution in [3.8, 4) is 0 Å². The number of nitrogens with zero attached hydrogens (tertiary/aromatic N) is 3. The molecule has 2 aromatic rings. The Morgan fingerprint density at radius 2 is 1.62 bits per heavy atom. The van der Waals surface area contributed by atoms with E-state index in [2.05, 4.69) is 65.1 Å². The van der Waals surface area contributed by atoms with Gasteiger partial charge < -0.3 is 15.5 Å². The Balaban J connectivity index is 0.000000209. The molecular formula is C40H48ClN5O4. The Hall–Kier alpha value is -4.89. The molecule has 0 saturated carbocycles. The van der Waals surface area contributed by atoms with Crippen LogP contribution in [0.3, 0.4) is 0 Å². The van der Waals surface area contributed by atoms with Crippen LogP contribution in [0, 0.1) is 13.8 Å². The number of para-hydroxylation sites is 1. The van der Waals surface area contributed by atoms with Crippen LogP contribution in [0.15, 0.2) is 97.6 Å². The molecule has 9 nitrogen and oxygen atoms in total. The van der Waals surface area contributed by atoms with Gasteiger partial charge in [-0.2, -0.15) is 0 Å². The first-order valence-electron chi connectivity index (χ1n) is 16.9. The van der Waals surface area contributed by atoms with Gasteiger partial charge in [0.2, 0.25) is 11.7 Å². The number of anilines is 1. The number of aryl methyl sites for hydroxylation is 2. The zero-order chi connectivity index (χ0) is 37.0. The van der Waals surface area contributed by atoms with Crippen molar-refractivity contribution in [2.24, 2.45) is 9.98 Å². The van der Waals surface area contributed by atoms with Crippen LogP contribution < -0.4 is 15.5 Å². The predicted molar refractivity (Wildman–Crippen MR) is 205 cm³/mol. The van der Waals surface area contributed by atoms with E-state index in [1.54, 1.807) is 26.1 Å². The van der Waals surface area contributed by atoms with Gasteiger partial charge in [-0.1, -0.05) is 41.4 Å². The third-order valence-electron chi connectivity index (χ3n) is 8.71. The summed E-state index contributed by atoms with van der Waals surface area (Å²) in [6.07, 6.45) is 8.23. The Labute approximate surface area is 301 Å². The summed E-state index contributed by atoms with van der Waals surface area (Å²) in [5.41, 5.74) is 9.02. The summed E-state index contributed by atoms with van der Waals surface area (Å²) < 4.78 is 0. The topological polar surface area (TPSA) is 120 Å². The number of hydrogen-bond acceptors (Lipinski definition) is 7. The lowest BCUT2D eigenvalue weighted by molar-refractivity contribution is -0.121. The Morgan fingerprint density at radius 3 is 2.22 bits per heavy atom. The Kier molecular flexibility index (Phi) is 14.8. The molecule has 0 aromatic heterocycles. The summed E-state index contributed by atoms with van der Waals surface area (Å²) in [6.45, 7) is 17.0. The third-order valence-corrected chi connectivity index (χ3v) is 9.17. The maximum atomic E-state index is 12.0. The summed E-state index contributed by atoms with van der Waals surface area (Å²) in [4.78, 5) is 57.4. The molecule has 0 bridgehead atoms. The molecule has 0 heterocycles. The highest BCUT2D eigenvalue weighted by Crippen LogP contribution is 2.33. The van der Waals surface area contributed by atoms with Crippen LogP contribution in [0.4, 0.5) is 17.1 Å². The number of hydrogen-bond donors (Lipinski definition) is 2. The maximum absolute atomic E-state index is 12.0. The molecule has 2 amide bonds. The summed E-state index contributed by atoms with van der Waals surface area (Å²) in [7, 11) is 1.56. The molecule has 0 atom stereocenters. The number of aliphatic imine (C=N–C) groups is 2. The van der Waals surface area contributed by atoms with Crippen molar-refractivity contribution in [2.75, 3.05) is 25.0 Å². The molecule has 0 aliphatic heterocycles. The summed E-state index contributed by atoms with van der Waals surface area (Å²) >= 11 is 6.05. The highest BCUT2D eigenvalue weighted by Gasteiger charge is 2.28. The van der Waals surface area contributed by atoms with Gasteiger partial charge in [-0.05, 0) is 126 Å². The monoisotopic (exact) mass is 697 g/mol. The van der Waals surface area contributed by atoms with Gasteiger partial charge in [0.15, 0.2) is 5.78 Å². The number of nitrogens with one attached hydrogen (secondary N) is 2. The van der Waals surface area contributed by atoms with E-state index >= 15 is 0 Å². The molecule has 0 saturated heterocycles. The molecule has 0 fully saturated rings. The molecule has 264 valence electrons. The number of ketones is 2. The van der Waals surface area contributed by atoms with Gasteiger partial charge in [0.1, 0.15) is 0 Å². The highest BCUT2D eigenvalue weighted by atomic mass is 35.5. The van der Waals surface area contributed by atoms with Crippen LogP contribution in [-0.4, -0.2) is 55.9 Å². The second-order valence-electron chi connectivity index (χ2n) is 12.1. The SMILES string of the molecule is C=Nc1ccc(N(CC)CC)cc1C.CC(=O)NC1=CC(=Nc2ccccc2C)C(C)=C(Cl)C1=O.CNC(=O)C1=CCC2=C(CCCC2)C1=O. The highest BCUT2D eigenvalue weighted by molar-refractivity contribution is 6.49. The molecular weight excluding hydrogens is 650 g/mol. The van der Waals surface area contributed by atoms with Gasteiger partial charge in [-0.3, -0.25) is 24.2 Å². The standard InChI is InChI=1S/C16H15ClN2O2.C12H18N2.C12H15NO2/c1-9-6-4-5-7-12(9)19-13-8-14(18-11(3)20)16(21)15(17)10(13)2;1-5-14(6-2)11-7-8-12(13-4)10(3)9-11;1-13-12(15)10-7-6-8-4-2-3-5-9(8)11(10)14/h4-8H,1-3H3,(H,18,20);7-9H,4-6H2,1-3H3;7H,2-6H2,1H3,(H,13,15). The van der Waals surface area contributed by atoms with Gasteiger partial charge in [0.25, 0.3) is 5.91 Å². The average molecular weight is 698 g/mol. The first-order valence-corrected chi connectivity index (χ1v) is 17.3. The number of benzene rings is 2. The zero-order valence-electron chi connectivity index (χ0n) is 30.2. The smallest absolute Gasteiger partial charge is 0.254 e. The van der Waals surface area contributed by atoms with Gasteiger partial charge in [-0.25, -0.2) is 4.99 Å². The number of amides is 2. The summed E-state index contributed by atoms with van der Waals surface area (Å²) in [5, 5.41) is 5.07. The lowest BCUT2D eigenvalue weighted by Gasteiger charge is -2.23. The molecule has 0 unspecified atom stereocenters. The lowest BCUT2D eigenvalue weighted by atomic mass is 9.81. The van der Waals surface area contributed by atoms with Gasteiger partial charge >= 0.3 is 0 Å². The number of rotatable bonds is 7. The van der Waals surface area contributed by atoms with Crippen molar-refractivity contribution in [2.45, 2.75) is 73.6 Å². The van der Waals surface area contributed by atoms with E-state index in [4.69, 9.17) is 11.6 Å². The minimum atomic E-state index is -0.395. The molecule has 50 heavy (non-hydrogen) atoms. The van der Waals surface area contributed by atoms with E-state index in [9.17, 15) is 19.2 Å². The number of carbonyl (C=O) groups excluding carboxylic acids is 4. The van der Waals surface area contributed by atoms with Crippen molar-refractivity contribution in [3.05, 3.63) is 98.8 Å². The molecule has 10 heteroatoms. The van der Waals surface area contributed by atoms with Crippen molar-refractivity contribution >= 4 is 64.5 Å². The summed E-state index contributed by atoms with van der Waals surface area (Å²) in [6, 6.07) is 13.9. The fourth-order valence-corrected chi connectivity index (χ4v) is 6.01. The zero-order valence-corrected chi connectivity index (χ0v) is 31.0. The number of likely N-dealkylation sites (N-methyl/N-ethyl adjacent to an activating group) is 1. The fraction of sp³-hybridized carbons (Fsp3) is 0.350. The number of allylic oxidation sites excluding steroid dienone is 6. The number of Topliss-reactive ketones (excluding diaryl/α,β-unsaturated/α-hetero) is 2. The average Bonchev–Trinajstić information content (AvgIpc) is 3.11. The molecule has 0 radical (unpaired) electrons. The van der Waals surface area contributed by atoms with E-state index in [1.807, 2.05) is 37.3 Å². The fourth-order valence-electron chi connectivity index (χ4n) is 5.81. The first kappa shape index (κ1) is 39.5. The van der Waals surface area contributed by atoms with Crippen LogP contribution in [0.1, 0.15) is 70.9 Å².